The van der Waals surface area contributed by atoms with Gasteiger partial charge in [-0.15, -0.1) is 0 Å². The largest absolute Gasteiger partial charge is 0.495 e. The maximum atomic E-state index is 6.12. The van der Waals surface area contributed by atoms with Gasteiger partial charge >= 0.3 is 0 Å². The number of anilines is 1. The molecule has 0 fully saturated rings. The molecule has 0 unspecified atom stereocenters. The van der Waals surface area contributed by atoms with Crippen molar-refractivity contribution in [2.75, 3.05) is 19.5 Å². The highest BCUT2D eigenvalue weighted by Crippen LogP contribution is 2.36. The van der Waals surface area contributed by atoms with Crippen LogP contribution in [0, 0.1) is 13.8 Å². The molecule has 0 atom stereocenters. The van der Waals surface area contributed by atoms with Gasteiger partial charge < -0.3 is 14.8 Å². The molecular weight excluding hydrogens is 286 g/mol. The standard InChI is InChI=1S/C17H20ClNO2/c1-11-6-5-7-12(2)13(11)10-19-15-9-16(20-3)14(18)8-17(15)21-4/h5-9,19H,10H2,1-4H3. The van der Waals surface area contributed by atoms with Crippen LogP contribution in [0.3, 0.4) is 0 Å². The van der Waals surface area contributed by atoms with Crippen molar-refractivity contribution in [3.05, 3.63) is 52.0 Å². The molecule has 2 aromatic rings. The van der Waals surface area contributed by atoms with Gasteiger partial charge in [-0.25, -0.2) is 0 Å². The SMILES string of the molecule is COc1cc(NCc2c(C)cccc2C)c(OC)cc1Cl. The van der Waals surface area contributed by atoms with Gasteiger partial charge in [0.2, 0.25) is 0 Å². The molecule has 0 aliphatic rings. The highest BCUT2D eigenvalue weighted by Gasteiger charge is 2.10. The van der Waals surface area contributed by atoms with Gasteiger partial charge in [-0.3, -0.25) is 0 Å². The van der Waals surface area contributed by atoms with Crippen molar-refractivity contribution in [3.8, 4) is 11.5 Å². The lowest BCUT2D eigenvalue weighted by molar-refractivity contribution is 0.404. The van der Waals surface area contributed by atoms with Crippen LogP contribution in [0.25, 0.3) is 0 Å². The minimum absolute atomic E-state index is 0.534. The zero-order valence-electron chi connectivity index (χ0n) is 12.8. The molecule has 2 rings (SSSR count). The van der Waals surface area contributed by atoms with E-state index >= 15 is 0 Å². The minimum Gasteiger partial charge on any atom is -0.495 e. The summed E-state index contributed by atoms with van der Waals surface area (Å²) >= 11 is 6.12. The van der Waals surface area contributed by atoms with Crippen LogP contribution in [-0.4, -0.2) is 14.2 Å². The van der Waals surface area contributed by atoms with Crippen molar-refractivity contribution >= 4 is 17.3 Å². The molecule has 0 bridgehead atoms. The van der Waals surface area contributed by atoms with Crippen molar-refractivity contribution in [3.63, 3.8) is 0 Å². The van der Waals surface area contributed by atoms with Crippen molar-refractivity contribution in [2.24, 2.45) is 0 Å². The maximum absolute atomic E-state index is 6.12. The summed E-state index contributed by atoms with van der Waals surface area (Å²) in [4.78, 5) is 0. The first-order valence-corrected chi connectivity index (χ1v) is 7.15. The van der Waals surface area contributed by atoms with E-state index in [1.807, 2.05) is 6.07 Å². The number of hydrogen-bond donors (Lipinski definition) is 1. The Balaban J connectivity index is 2.27. The van der Waals surface area contributed by atoms with Crippen LogP contribution in [-0.2, 0) is 6.54 Å². The summed E-state index contributed by atoms with van der Waals surface area (Å²) in [5, 5.41) is 3.93. The van der Waals surface area contributed by atoms with Gasteiger partial charge in [-0.2, -0.15) is 0 Å². The summed E-state index contributed by atoms with van der Waals surface area (Å²) < 4.78 is 10.6. The number of methoxy groups -OCH3 is 2. The molecule has 0 saturated heterocycles. The van der Waals surface area contributed by atoms with Gasteiger partial charge in [0.25, 0.3) is 0 Å². The van der Waals surface area contributed by atoms with Crippen LogP contribution in [0.4, 0.5) is 5.69 Å². The zero-order valence-corrected chi connectivity index (χ0v) is 13.5. The first-order chi connectivity index (χ1) is 10.1. The minimum atomic E-state index is 0.534. The van der Waals surface area contributed by atoms with Crippen LogP contribution < -0.4 is 14.8 Å². The van der Waals surface area contributed by atoms with Crippen LogP contribution in [0.15, 0.2) is 30.3 Å². The van der Waals surface area contributed by atoms with E-state index in [0.29, 0.717) is 16.5 Å². The fraction of sp³-hybridized carbons (Fsp3) is 0.294. The molecule has 4 heteroatoms. The van der Waals surface area contributed by atoms with Gasteiger partial charge in [0.15, 0.2) is 0 Å². The first kappa shape index (κ1) is 15.5. The Kier molecular flexibility index (Phi) is 4.97. The van der Waals surface area contributed by atoms with Crippen LogP contribution >= 0.6 is 11.6 Å². The van der Waals surface area contributed by atoms with Crippen molar-refractivity contribution < 1.29 is 9.47 Å². The smallest absolute Gasteiger partial charge is 0.143 e. The van der Waals surface area contributed by atoms with Gasteiger partial charge in [-0.1, -0.05) is 29.8 Å². The Morgan fingerprint density at radius 3 is 2.19 bits per heavy atom. The molecule has 0 radical (unpaired) electrons. The number of ether oxygens (including phenoxy) is 2. The van der Waals surface area contributed by atoms with Crippen molar-refractivity contribution in [1.82, 2.24) is 0 Å². The van der Waals surface area contributed by atoms with Crippen LogP contribution in [0.1, 0.15) is 16.7 Å². The summed E-state index contributed by atoms with van der Waals surface area (Å²) in [5.41, 5.74) is 4.68. The van der Waals surface area contributed by atoms with Gasteiger partial charge in [-0.05, 0) is 30.5 Å². The van der Waals surface area contributed by atoms with E-state index in [1.54, 1.807) is 20.3 Å². The highest BCUT2D eigenvalue weighted by molar-refractivity contribution is 6.32. The molecule has 0 spiro atoms. The third-order valence-electron chi connectivity index (χ3n) is 3.57. The second-order valence-corrected chi connectivity index (χ2v) is 5.32. The maximum Gasteiger partial charge on any atom is 0.143 e. The van der Waals surface area contributed by atoms with E-state index in [-0.39, 0.29) is 0 Å². The Hall–Kier alpha value is -1.87. The molecular formula is C17H20ClNO2. The number of aryl methyl sites for hydroxylation is 2. The van der Waals surface area contributed by atoms with Crippen LogP contribution in [0.2, 0.25) is 5.02 Å². The van der Waals surface area contributed by atoms with Crippen molar-refractivity contribution in [1.29, 1.82) is 0 Å². The molecule has 1 N–H and O–H groups in total. The second kappa shape index (κ2) is 6.72. The summed E-state index contributed by atoms with van der Waals surface area (Å²) in [6.45, 7) is 4.95. The Labute approximate surface area is 130 Å². The van der Waals surface area contributed by atoms with E-state index < -0.39 is 0 Å². The zero-order chi connectivity index (χ0) is 15.4. The molecule has 0 aliphatic carbocycles. The molecule has 0 amide bonds. The average molecular weight is 306 g/mol. The lowest BCUT2D eigenvalue weighted by Crippen LogP contribution is -2.05. The van der Waals surface area contributed by atoms with Gasteiger partial charge in [0.05, 0.1) is 24.9 Å². The first-order valence-electron chi connectivity index (χ1n) is 6.77. The molecule has 21 heavy (non-hydrogen) atoms. The van der Waals surface area contributed by atoms with E-state index in [1.165, 1.54) is 16.7 Å². The van der Waals surface area contributed by atoms with E-state index in [0.717, 1.165) is 12.2 Å². The molecule has 112 valence electrons. The quantitative estimate of drug-likeness (QED) is 0.876. The highest BCUT2D eigenvalue weighted by atomic mass is 35.5. The lowest BCUT2D eigenvalue weighted by Gasteiger charge is -2.16. The molecule has 3 nitrogen and oxygen atoms in total. The Morgan fingerprint density at radius 1 is 1.00 bits per heavy atom. The molecule has 0 aliphatic heterocycles. The average Bonchev–Trinajstić information content (AvgIpc) is 2.47. The summed E-state index contributed by atoms with van der Waals surface area (Å²) in [6.07, 6.45) is 0. The van der Waals surface area contributed by atoms with Gasteiger partial charge in [0, 0.05) is 18.7 Å². The normalized spacial score (nSPS) is 10.3. The molecule has 0 aromatic heterocycles. The topological polar surface area (TPSA) is 30.5 Å². The fourth-order valence-electron chi connectivity index (χ4n) is 2.31. The fourth-order valence-corrected chi connectivity index (χ4v) is 2.54. The number of benzene rings is 2. The monoisotopic (exact) mass is 305 g/mol. The predicted octanol–water partition coefficient (Wildman–Crippen LogP) is 4.59. The predicted molar refractivity (Wildman–Crippen MR) is 87.8 cm³/mol. The molecule has 0 saturated carbocycles. The van der Waals surface area contributed by atoms with Gasteiger partial charge in [0.1, 0.15) is 11.5 Å². The number of hydrogen-bond acceptors (Lipinski definition) is 3. The number of halogens is 1. The third kappa shape index (κ3) is 3.42. The van der Waals surface area contributed by atoms with Crippen molar-refractivity contribution in [2.45, 2.75) is 20.4 Å². The summed E-state index contributed by atoms with van der Waals surface area (Å²) in [7, 11) is 3.23. The lowest BCUT2D eigenvalue weighted by atomic mass is 10.0. The Morgan fingerprint density at radius 2 is 1.62 bits per heavy atom. The Bertz CT molecular complexity index is 621. The van der Waals surface area contributed by atoms with E-state index in [4.69, 9.17) is 21.1 Å². The third-order valence-corrected chi connectivity index (χ3v) is 3.87. The summed E-state index contributed by atoms with van der Waals surface area (Å²) in [6, 6.07) is 9.91. The molecule has 0 heterocycles. The number of rotatable bonds is 5. The van der Waals surface area contributed by atoms with E-state index in [2.05, 4.69) is 37.4 Å². The van der Waals surface area contributed by atoms with Crippen LogP contribution in [0.5, 0.6) is 11.5 Å². The number of nitrogens with one attached hydrogen (secondary N) is 1. The second-order valence-electron chi connectivity index (χ2n) is 4.91. The van der Waals surface area contributed by atoms with E-state index in [9.17, 15) is 0 Å². The molecule has 2 aromatic carbocycles. The summed E-state index contributed by atoms with van der Waals surface area (Å²) in [5.74, 6) is 1.33.